The minimum Gasteiger partial charge on any atom is -0.457 e. The molecule has 3 aliphatic rings. The highest BCUT2D eigenvalue weighted by Gasteiger charge is 2.37. The number of piperidine rings is 1. The number of fused-ring (bicyclic) bond motifs is 2. The number of nitrogens with zero attached hydrogens (tertiary/aromatic N) is 1. The number of ether oxygens (including phenoxy) is 1. The fraction of sp³-hybridized carbons (Fsp3) is 0.464. The maximum Gasteiger partial charge on any atom is 0.232 e. The van der Waals surface area contributed by atoms with Gasteiger partial charge in [-0.2, -0.15) is 0 Å². The van der Waals surface area contributed by atoms with Crippen molar-refractivity contribution in [1.82, 2.24) is 5.32 Å². The Hall–Kier alpha value is -2.59. The predicted molar refractivity (Wildman–Crippen MR) is 128 cm³/mol. The molecule has 2 aromatic rings. The highest BCUT2D eigenvalue weighted by molar-refractivity contribution is 5.89. The molecule has 5 rings (SSSR count). The van der Waals surface area contributed by atoms with Crippen molar-refractivity contribution in [2.45, 2.75) is 63.3 Å². The van der Waals surface area contributed by atoms with Gasteiger partial charge in [0.05, 0.1) is 26.1 Å². The third-order valence-electron chi connectivity index (χ3n) is 7.69. The molecule has 0 saturated carbocycles. The van der Waals surface area contributed by atoms with Crippen LogP contribution in [0.2, 0.25) is 0 Å². The lowest BCUT2D eigenvalue weighted by Gasteiger charge is -2.42. The highest BCUT2D eigenvalue weighted by Crippen LogP contribution is 2.44. The molecule has 1 aliphatic carbocycles. The van der Waals surface area contributed by atoms with E-state index in [9.17, 15) is 4.79 Å². The second-order valence-corrected chi connectivity index (χ2v) is 9.89. The molecule has 0 spiro atoms. The lowest BCUT2D eigenvalue weighted by molar-refractivity contribution is -0.879. The number of hydrogen-bond acceptors (Lipinski definition) is 2. The highest BCUT2D eigenvalue weighted by atomic mass is 16.5. The van der Waals surface area contributed by atoms with E-state index < -0.39 is 0 Å². The third-order valence-corrected chi connectivity index (χ3v) is 7.69. The molecule has 4 heteroatoms. The molecule has 0 unspecified atom stereocenters. The van der Waals surface area contributed by atoms with Crippen LogP contribution in [0.4, 0.5) is 0 Å². The molecule has 1 fully saturated rings. The molecule has 0 radical (unpaired) electrons. The first-order valence-corrected chi connectivity index (χ1v) is 12.3. The monoisotopic (exact) mass is 431 g/mol. The minimum atomic E-state index is -0.313. The zero-order valence-corrected chi connectivity index (χ0v) is 19.2. The number of nitrogens with one attached hydrogen (secondary N) is 1. The Labute approximate surface area is 191 Å². The molecular formula is C28H35N2O2+. The molecule has 0 bridgehead atoms. The molecule has 4 nitrogen and oxygen atoms in total. The van der Waals surface area contributed by atoms with Gasteiger partial charge in [0.15, 0.2) is 0 Å². The van der Waals surface area contributed by atoms with Crippen molar-refractivity contribution in [3.05, 3.63) is 71.4 Å². The third kappa shape index (κ3) is 4.21. The van der Waals surface area contributed by atoms with Crippen molar-refractivity contribution in [2.75, 3.05) is 20.1 Å². The van der Waals surface area contributed by atoms with E-state index in [1.165, 1.54) is 38.5 Å². The maximum absolute atomic E-state index is 13.6. The number of likely N-dealkylation sites (tertiary alicyclic amines) is 1. The van der Waals surface area contributed by atoms with Crippen molar-refractivity contribution in [2.24, 2.45) is 0 Å². The van der Waals surface area contributed by atoms with Gasteiger partial charge >= 0.3 is 0 Å². The molecule has 32 heavy (non-hydrogen) atoms. The Morgan fingerprint density at radius 2 is 1.53 bits per heavy atom. The fourth-order valence-electron chi connectivity index (χ4n) is 5.71. The summed E-state index contributed by atoms with van der Waals surface area (Å²) >= 11 is 0. The maximum atomic E-state index is 13.6. The van der Waals surface area contributed by atoms with E-state index in [0.717, 1.165) is 53.0 Å². The van der Waals surface area contributed by atoms with E-state index in [1.807, 2.05) is 48.5 Å². The van der Waals surface area contributed by atoms with E-state index >= 15 is 0 Å². The van der Waals surface area contributed by atoms with Gasteiger partial charge in [-0.15, -0.1) is 0 Å². The largest absolute Gasteiger partial charge is 0.457 e. The predicted octanol–water partition coefficient (Wildman–Crippen LogP) is 5.89. The van der Waals surface area contributed by atoms with E-state index in [1.54, 1.807) is 5.70 Å². The summed E-state index contributed by atoms with van der Waals surface area (Å²) in [5.41, 5.74) is 3.54. The van der Waals surface area contributed by atoms with E-state index in [4.69, 9.17) is 4.74 Å². The number of amides is 1. The SMILES string of the molecule is C[N+]1(/C2=C/CCCCCC2)CCC(NC(=O)C2c3ccccc3Oc3ccccc32)CC1. The lowest BCUT2D eigenvalue weighted by atomic mass is 9.86. The van der Waals surface area contributed by atoms with Crippen LogP contribution in [-0.2, 0) is 4.79 Å². The van der Waals surface area contributed by atoms with Crippen molar-refractivity contribution in [3.8, 4) is 11.5 Å². The van der Waals surface area contributed by atoms with E-state index in [-0.39, 0.29) is 17.9 Å². The Kier molecular flexibility index (Phi) is 6.05. The molecule has 2 aromatic carbocycles. The number of rotatable bonds is 3. The van der Waals surface area contributed by atoms with Crippen LogP contribution < -0.4 is 10.1 Å². The molecule has 1 N–H and O–H groups in total. The van der Waals surface area contributed by atoms with Crippen molar-refractivity contribution < 1.29 is 14.0 Å². The summed E-state index contributed by atoms with van der Waals surface area (Å²) in [5.74, 6) is 1.36. The number of carbonyl (C=O) groups excluding carboxylic acids is 1. The summed E-state index contributed by atoms with van der Waals surface area (Å²) in [7, 11) is 2.40. The number of carbonyl (C=O) groups is 1. The first-order chi connectivity index (χ1) is 15.6. The van der Waals surface area contributed by atoms with Crippen molar-refractivity contribution in [3.63, 3.8) is 0 Å². The Bertz CT molecular complexity index is 958. The first-order valence-electron chi connectivity index (χ1n) is 12.3. The molecule has 168 valence electrons. The quantitative estimate of drug-likeness (QED) is 0.616. The number of quaternary nitrogens is 1. The van der Waals surface area contributed by atoms with Gasteiger partial charge in [0.1, 0.15) is 17.2 Å². The van der Waals surface area contributed by atoms with Gasteiger partial charge in [-0.05, 0) is 37.5 Å². The molecular weight excluding hydrogens is 396 g/mol. The summed E-state index contributed by atoms with van der Waals surface area (Å²) in [6, 6.07) is 16.1. The first kappa shape index (κ1) is 21.3. The van der Waals surface area contributed by atoms with Gasteiger partial charge < -0.3 is 10.1 Å². The average molecular weight is 432 g/mol. The van der Waals surface area contributed by atoms with Crippen molar-refractivity contribution >= 4 is 5.91 Å². The normalized spacial score (nSPS) is 27.5. The van der Waals surface area contributed by atoms with E-state index in [2.05, 4.69) is 18.4 Å². The zero-order valence-electron chi connectivity index (χ0n) is 19.2. The minimum absolute atomic E-state index is 0.0967. The number of benzene rings is 2. The molecule has 1 saturated heterocycles. The molecule has 1 amide bonds. The Morgan fingerprint density at radius 3 is 2.22 bits per heavy atom. The van der Waals surface area contributed by atoms with Gasteiger partial charge in [0.2, 0.25) is 5.91 Å². The number of allylic oxidation sites excluding steroid dienone is 2. The van der Waals surface area contributed by atoms with Crippen LogP contribution in [0.1, 0.15) is 68.4 Å². The summed E-state index contributed by atoms with van der Waals surface area (Å²) < 4.78 is 7.14. The van der Waals surface area contributed by atoms with Crippen LogP contribution in [0, 0.1) is 0 Å². The summed E-state index contributed by atoms with van der Waals surface area (Å²) in [5, 5.41) is 3.41. The topological polar surface area (TPSA) is 38.3 Å². The standard InChI is InChI=1S/C28H34N2O2/c1-30(22-11-5-3-2-4-6-12-22)19-17-21(18-20-30)29-28(31)27-23-13-7-9-15-25(23)32-26-16-10-8-14-24(26)27/h7-11,13-16,21,27H,2-6,12,17-20H2,1H3/p+1/b22-11+. The zero-order chi connectivity index (χ0) is 22.0. The molecule has 0 aromatic heterocycles. The van der Waals surface area contributed by atoms with Gasteiger partial charge in [0.25, 0.3) is 0 Å². The fourth-order valence-corrected chi connectivity index (χ4v) is 5.71. The van der Waals surface area contributed by atoms with Gasteiger partial charge in [0, 0.05) is 36.4 Å². The smallest absolute Gasteiger partial charge is 0.232 e. The van der Waals surface area contributed by atoms with Gasteiger partial charge in [-0.25, -0.2) is 0 Å². The molecule has 2 heterocycles. The van der Waals surface area contributed by atoms with Crippen LogP contribution in [0.15, 0.2) is 60.3 Å². The number of hydrogen-bond donors (Lipinski definition) is 1. The average Bonchev–Trinajstić information content (AvgIpc) is 2.78. The molecule has 2 aliphatic heterocycles. The second-order valence-electron chi connectivity index (χ2n) is 9.89. The summed E-state index contributed by atoms with van der Waals surface area (Å²) in [6.07, 6.45) is 12.4. The second kappa shape index (κ2) is 9.11. The Balaban J connectivity index is 1.29. The van der Waals surface area contributed by atoms with Crippen LogP contribution in [0.25, 0.3) is 0 Å². The van der Waals surface area contributed by atoms with Crippen LogP contribution in [0.5, 0.6) is 11.5 Å². The van der Waals surface area contributed by atoms with Crippen molar-refractivity contribution in [1.29, 1.82) is 0 Å². The van der Waals surface area contributed by atoms with Crippen LogP contribution in [0.3, 0.4) is 0 Å². The lowest BCUT2D eigenvalue weighted by Crippen LogP contribution is -2.54. The van der Waals surface area contributed by atoms with Gasteiger partial charge in [-0.3, -0.25) is 9.28 Å². The molecule has 0 atom stereocenters. The van der Waals surface area contributed by atoms with Crippen LogP contribution in [-0.4, -0.2) is 36.6 Å². The summed E-state index contributed by atoms with van der Waals surface area (Å²) in [4.78, 5) is 13.6. The van der Waals surface area contributed by atoms with Gasteiger partial charge in [-0.1, -0.05) is 49.2 Å². The van der Waals surface area contributed by atoms with E-state index in [0.29, 0.717) is 0 Å². The van der Waals surface area contributed by atoms with Crippen LogP contribution >= 0.6 is 0 Å². The Morgan fingerprint density at radius 1 is 0.906 bits per heavy atom. The number of para-hydroxylation sites is 2. The summed E-state index contributed by atoms with van der Waals surface area (Å²) in [6.45, 7) is 2.22.